The molecule has 2 fully saturated rings. The van der Waals surface area contributed by atoms with Crippen LogP contribution in [-0.4, -0.2) is 60.0 Å². The Morgan fingerprint density at radius 2 is 1.73 bits per heavy atom. The van der Waals surface area contributed by atoms with Crippen LogP contribution in [0, 0.1) is 0 Å². The predicted molar refractivity (Wildman–Crippen MR) is 112 cm³/mol. The summed E-state index contributed by atoms with van der Waals surface area (Å²) in [6.45, 7) is 3.42. The summed E-state index contributed by atoms with van der Waals surface area (Å²) in [6, 6.07) is 20.0. The van der Waals surface area contributed by atoms with Crippen LogP contribution < -0.4 is 4.90 Å². The number of rotatable bonds is 4. The number of nitrogens with zero attached hydrogens (tertiary/aromatic N) is 3. The van der Waals surface area contributed by atoms with E-state index in [2.05, 4.69) is 34.3 Å². The second-order valence-corrected chi connectivity index (χ2v) is 7.68. The molecule has 154 valence electrons. The lowest BCUT2D eigenvalue weighted by atomic mass is 10.00. The maximum Gasteiger partial charge on any atom is 0.343 e. The summed E-state index contributed by atoms with van der Waals surface area (Å²) in [6.07, 6.45) is 0. The third kappa shape index (κ3) is 3.36. The van der Waals surface area contributed by atoms with Crippen molar-refractivity contribution in [2.45, 2.75) is 12.1 Å². The fraction of sp³-hybridized carbons (Fsp3) is 0.304. The molecule has 7 heteroatoms. The largest absolute Gasteiger partial charge is 0.477 e. The molecule has 2 aliphatic heterocycles. The molecule has 1 aromatic heterocycles. The monoisotopic (exact) mass is 405 g/mol. The topological polar surface area (TPSA) is 79.0 Å². The zero-order chi connectivity index (χ0) is 20.5. The van der Waals surface area contributed by atoms with Crippen molar-refractivity contribution in [2.75, 3.05) is 37.7 Å². The summed E-state index contributed by atoms with van der Waals surface area (Å²) in [7, 11) is 0. The summed E-state index contributed by atoms with van der Waals surface area (Å²) in [5.41, 5.74) is 2.07. The highest BCUT2D eigenvalue weighted by molar-refractivity contribution is 5.99. The fourth-order valence-electron chi connectivity index (χ4n) is 4.47. The summed E-state index contributed by atoms with van der Waals surface area (Å²) in [5, 5.41) is 14.1. The Morgan fingerprint density at radius 1 is 1.00 bits per heavy atom. The van der Waals surface area contributed by atoms with E-state index in [9.17, 15) is 9.90 Å². The molecule has 2 atom stereocenters. The number of hydrogen-bond acceptors (Lipinski definition) is 6. The summed E-state index contributed by atoms with van der Waals surface area (Å²) in [5.74, 6) is -0.347. The Hall–Kier alpha value is -3.16. The van der Waals surface area contributed by atoms with Gasteiger partial charge in [-0.15, -0.1) is 0 Å². The first-order valence-electron chi connectivity index (χ1n) is 10.1. The van der Waals surface area contributed by atoms with Gasteiger partial charge in [0.1, 0.15) is 0 Å². The first-order valence-corrected chi connectivity index (χ1v) is 10.1. The highest BCUT2D eigenvalue weighted by atomic mass is 16.5. The molecule has 0 saturated carbocycles. The molecule has 2 aromatic carbocycles. The molecule has 0 bridgehead atoms. The van der Waals surface area contributed by atoms with Gasteiger partial charge in [-0.1, -0.05) is 65.8 Å². The average Bonchev–Trinajstić information content (AvgIpc) is 3.25. The lowest BCUT2D eigenvalue weighted by molar-refractivity contribution is -0.0548. The van der Waals surface area contributed by atoms with Crippen molar-refractivity contribution in [3.8, 4) is 11.3 Å². The van der Waals surface area contributed by atoms with Crippen LogP contribution in [0.1, 0.15) is 22.0 Å². The SMILES string of the molecule is O=C(O)c1c(N2CCN3[C@@H](COC[C@@H]3c3ccccc3)C2)noc1-c1ccccc1. The molecule has 5 rings (SSSR count). The zero-order valence-electron chi connectivity index (χ0n) is 16.5. The molecule has 0 radical (unpaired) electrons. The molecule has 1 N–H and O–H groups in total. The Kier molecular flexibility index (Phi) is 4.98. The molecule has 30 heavy (non-hydrogen) atoms. The zero-order valence-corrected chi connectivity index (χ0v) is 16.5. The standard InChI is InChI=1S/C23H23N3O4/c27-23(28)20-21(17-9-5-2-6-10-17)30-24-22(20)25-11-12-26-18(13-25)14-29-15-19(26)16-7-3-1-4-8-16/h1-10,18-19H,11-15H2,(H,27,28)/t18-,19-/m1/s1. The summed E-state index contributed by atoms with van der Waals surface area (Å²) >= 11 is 0. The van der Waals surface area contributed by atoms with E-state index in [-0.39, 0.29) is 17.6 Å². The highest BCUT2D eigenvalue weighted by Gasteiger charge is 2.38. The van der Waals surface area contributed by atoms with E-state index in [0.29, 0.717) is 43.4 Å². The minimum atomic E-state index is -1.03. The van der Waals surface area contributed by atoms with Crippen LogP contribution >= 0.6 is 0 Å². The molecule has 3 aromatic rings. The van der Waals surface area contributed by atoms with Crippen LogP contribution in [0.25, 0.3) is 11.3 Å². The number of carboxylic acids is 1. The van der Waals surface area contributed by atoms with E-state index >= 15 is 0 Å². The Labute approximate surface area is 174 Å². The molecule has 0 unspecified atom stereocenters. The van der Waals surface area contributed by atoms with E-state index in [4.69, 9.17) is 9.26 Å². The van der Waals surface area contributed by atoms with E-state index < -0.39 is 5.97 Å². The van der Waals surface area contributed by atoms with Crippen molar-refractivity contribution in [1.82, 2.24) is 10.1 Å². The first kappa shape index (κ1) is 18.8. The van der Waals surface area contributed by atoms with Gasteiger partial charge < -0.3 is 19.3 Å². The van der Waals surface area contributed by atoms with E-state index in [1.807, 2.05) is 41.3 Å². The van der Waals surface area contributed by atoms with Gasteiger partial charge in [-0.2, -0.15) is 0 Å². The molecule has 0 amide bonds. The smallest absolute Gasteiger partial charge is 0.343 e. The number of carboxylic acid groups (broad SMARTS) is 1. The minimum Gasteiger partial charge on any atom is -0.477 e. The maximum atomic E-state index is 12.1. The number of hydrogen-bond donors (Lipinski definition) is 1. The number of morpholine rings is 1. The Bertz CT molecular complexity index is 1020. The molecule has 3 heterocycles. The molecular weight excluding hydrogens is 382 g/mol. The van der Waals surface area contributed by atoms with Crippen LogP contribution in [0.2, 0.25) is 0 Å². The van der Waals surface area contributed by atoms with Crippen molar-refractivity contribution < 1.29 is 19.2 Å². The maximum absolute atomic E-state index is 12.1. The average molecular weight is 405 g/mol. The number of carbonyl (C=O) groups is 1. The number of aromatic nitrogens is 1. The van der Waals surface area contributed by atoms with Crippen LogP contribution in [0.3, 0.4) is 0 Å². The van der Waals surface area contributed by atoms with Crippen LogP contribution in [0.15, 0.2) is 65.2 Å². The van der Waals surface area contributed by atoms with Crippen LogP contribution in [-0.2, 0) is 4.74 Å². The molecule has 2 saturated heterocycles. The number of fused-ring (bicyclic) bond motifs is 1. The normalized spacial score (nSPS) is 21.9. The Balaban J connectivity index is 1.41. The summed E-state index contributed by atoms with van der Waals surface area (Å²) < 4.78 is 11.4. The van der Waals surface area contributed by atoms with Crippen molar-refractivity contribution in [3.05, 3.63) is 71.8 Å². The van der Waals surface area contributed by atoms with Gasteiger partial charge in [0.15, 0.2) is 17.1 Å². The van der Waals surface area contributed by atoms with Crippen molar-refractivity contribution in [1.29, 1.82) is 0 Å². The third-order valence-corrected chi connectivity index (χ3v) is 5.92. The molecule has 2 aliphatic rings. The van der Waals surface area contributed by atoms with Gasteiger partial charge in [0.05, 0.1) is 25.3 Å². The number of aromatic carboxylic acids is 1. The predicted octanol–water partition coefficient (Wildman–Crippen LogP) is 3.30. The number of piperazine rings is 1. The van der Waals surface area contributed by atoms with Crippen molar-refractivity contribution in [2.24, 2.45) is 0 Å². The second-order valence-electron chi connectivity index (χ2n) is 7.68. The number of benzene rings is 2. The van der Waals surface area contributed by atoms with Crippen molar-refractivity contribution >= 4 is 11.8 Å². The van der Waals surface area contributed by atoms with Gasteiger partial charge in [-0.05, 0) is 5.56 Å². The van der Waals surface area contributed by atoms with E-state index in [0.717, 1.165) is 6.54 Å². The molecule has 7 nitrogen and oxygen atoms in total. The number of ether oxygens (including phenoxy) is 1. The Morgan fingerprint density at radius 3 is 2.47 bits per heavy atom. The molecule has 0 aliphatic carbocycles. The van der Waals surface area contributed by atoms with E-state index in [1.54, 1.807) is 0 Å². The van der Waals surface area contributed by atoms with Crippen LogP contribution in [0.5, 0.6) is 0 Å². The quantitative estimate of drug-likeness (QED) is 0.713. The third-order valence-electron chi connectivity index (χ3n) is 5.92. The second kappa shape index (κ2) is 7.93. The summed E-state index contributed by atoms with van der Waals surface area (Å²) in [4.78, 5) is 16.6. The number of anilines is 1. The van der Waals surface area contributed by atoms with Gasteiger partial charge in [-0.25, -0.2) is 4.79 Å². The molecule has 0 spiro atoms. The van der Waals surface area contributed by atoms with Crippen LogP contribution in [0.4, 0.5) is 5.82 Å². The lowest BCUT2D eigenvalue weighted by Gasteiger charge is -2.48. The minimum absolute atomic E-state index is 0.117. The van der Waals surface area contributed by atoms with Gasteiger partial charge in [0.25, 0.3) is 0 Å². The van der Waals surface area contributed by atoms with Gasteiger partial charge in [-0.3, -0.25) is 4.90 Å². The van der Waals surface area contributed by atoms with E-state index in [1.165, 1.54) is 5.56 Å². The first-order chi connectivity index (χ1) is 14.7. The molecular formula is C23H23N3O4. The van der Waals surface area contributed by atoms with Gasteiger partial charge in [0, 0.05) is 25.2 Å². The van der Waals surface area contributed by atoms with Gasteiger partial charge in [0.2, 0.25) is 0 Å². The fourth-order valence-corrected chi connectivity index (χ4v) is 4.47. The van der Waals surface area contributed by atoms with Gasteiger partial charge >= 0.3 is 5.97 Å². The highest BCUT2D eigenvalue weighted by Crippen LogP contribution is 2.35. The lowest BCUT2D eigenvalue weighted by Crippen LogP contribution is -2.59. The van der Waals surface area contributed by atoms with Crippen molar-refractivity contribution in [3.63, 3.8) is 0 Å².